The summed E-state index contributed by atoms with van der Waals surface area (Å²) in [7, 11) is 0. The Morgan fingerprint density at radius 1 is 1.57 bits per heavy atom. The molecular formula is C6H12S. The van der Waals surface area contributed by atoms with E-state index < -0.39 is 0 Å². The average molecular weight is 116 g/mol. The SMILES string of the molecule is [CH2]CCC(C)(C)[S]. The lowest BCUT2D eigenvalue weighted by molar-refractivity contribution is 0.653. The van der Waals surface area contributed by atoms with Crippen LogP contribution in [0.3, 0.4) is 0 Å². The van der Waals surface area contributed by atoms with Gasteiger partial charge in [0.2, 0.25) is 0 Å². The van der Waals surface area contributed by atoms with E-state index in [2.05, 4.69) is 6.92 Å². The Morgan fingerprint density at radius 3 is 2.00 bits per heavy atom. The molecule has 0 aromatic carbocycles. The summed E-state index contributed by atoms with van der Waals surface area (Å²) in [4.78, 5) is 0. The number of hydrogen-bond donors (Lipinski definition) is 0. The van der Waals surface area contributed by atoms with Gasteiger partial charge in [0.05, 0.1) is 0 Å². The summed E-state index contributed by atoms with van der Waals surface area (Å²) in [5, 5.41) is 0. The van der Waals surface area contributed by atoms with Gasteiger partial charge in [-0.15, -0.1) is 0 Å². The summed E-state index contributed by atoms with van der Waals surface area (Å²) in [6.45, 7) is 7.80. The van der Waals surface area contributed by atoms with Crippen molar-refractivity contribution in [2.75, 3.05) is 0 Å². The standard InChI is InChI=1S/C6H12S/c1-4-5-6(2,3)7/h1,4-5H2,2-3H3. The third-order valence-corrected chi connectivity index (χ3v) is 0.983. The fourth-order valence-electron chi connectivity index (χ4n) is 0.426. The van der Waals surface area contributed by atoms with Gasteiger partial charge in [-0.1, -0.05) is 26.0 Å². The molecule has 0 aromatic heterocycles. The third kappa shape index (κ3) is 6.35. The molecular weight excluding hydrogens is 104 g/mol. The molecule has 0 bridgehead atoms. The fraction of sp³-hybridized carbons (Fsp3) is 0.833. The molecule has 0 nitrogen and oxygen atoms in total. The Kier molecular flexibility index (Phi) is 2.74. The molecule has 0 unspecified atom stereocenters. The molecule has 0 rings (SSSR count). The van der Waals surface area contributed by atoms with Gasteiger partial charge in [0.15, 0.2) is 0 Å². The van der Waals surface area contributed by atoms with Crippen molar-refractivity contribution in [3.05, 3.63) is 6.92 Å². The van der Waals surface area contributed by atoms with Gasteiger partial charge in [-0.05, 0) is 20.3 Å². The Hall–Kier alpha value is 0.350. The van der Waals surface area contributed by atoms with E-state index in [9.17, 15) is 0 Å². The summed E-state index contributed by atoms with van der Waals surface area (Å²) in [5.41, 5.74) is 0. The quantitative estimate of drug-likeness (QED) is 0.520. The van der Waals surface area contributed by atoms with Crippen LogP contribution in [0.4, 0.5) is 0 Å². The van der Waals surface area contributed by atoms with E-state index in [1.165, 1.54) is 0 Å². The van der Waals surface area contributed by atoms with E-state index >= 15 is 0 Å². The molecule has 0 aliphatic carbocycles. The highest BCUT2D eigenvalue weighted by Gasteiger charge is 2.08. The van der Waals surface area contributed by atoms with Crippen LogP contribution in [0.25, 0.3) is 0 Å². The summed E-state index contributed by atoms with van der Waals surface area (Å²) < 4.78 is 0.0712. The van der Waals surface area contributed by atoms with Gasteiger partial charge >= 0.3 is 0 Å². The lowest BCUT2D eigenvalue weighted by Crippen LogP contribution is -2.08. The predicted octanol–water partition coefficient (Wildman–Crippen LogP) is 2.58. The lowest BCUT2D eigenvalue weighted by atomic mass is 10.1. The van der Waals surface area contributed by atoms with Crippen LogP contribution in [-0.4, -0.2) is 4.75 Å². The zero-order chi connectivity index (χ0) is 5.91. The van der Waals surface area contributed by atoms with E-state index in [1.54, 1.807) is 0 Å². The Balaban J connectivity index is 3.15. The molecule has 0 heterocycles. The first-order valence-corrected chi connectivity index (χ1v) is 2.97. The molecule has 0 N–H and O–H groups in total. The minimum Gasteiger partial charge on any atom is -0.0873 e. The summed E-state index contributed by atoms with van der Waals surface area (Å²) in [6.07, 6.45) is 2.00. The predicted molar refractivity (Wildman–Crippen MR) is 36.3 cm³/mol. The van der Waals surface area contributed by atoms with Crippen molar-refractivity contribution in [2.45, 2.75) is 31.4 Å². The first kappa shape index (κ1) is 7.35. The highest BCUT2D eigenvalue weighted by molar-refractivity contribution is 7.81. The maximum Gasteiger partial charge on any atom is 0.0207 e. The average Bonchev–Trinajstić information content (AvgIpc) is 1.30. The first-order valence-electron chi connectivity index (χ1n) is 2.56. The van der Waals surface area contributed by atoms with Crippen LogP contribution in [0.2, 0.25) is 0 Å². The van der Waals surface area contributed by atoms with E-state index in [0.717, 1.165) is 12.8 Å². The van der Waals surface area contributed by atoms with Crippen LogP contribution in [-0.2, 0) is 0 Å². The van der Waals surface area contributed by atoms with Gasteiger partial charge in [-0.2, -0.15) is 0 Å². The molecule has 0 aliphatic heterocycles. The summed E-state index contributed by atoms with van der Waals surface area (Å²) >= 11 is 5.04. The minimum atomic E-state index is 0.0712. The number of hydrogen-bond acceptors (Lipinski definition) is 0. The molecule has 1 heteroatoms. The Labute approximate surface area is 51.7 Å². The highest BCUT2D eigenvalue weighted by Crippen LogP contribution is 2.17. The molecule has 0 fully saturated rings. The van der Waals surface area contributed by atoms with Crippen LogP contribution in [0, 0.1) is 6.92 Å². The monoisotopic (exact) mass is 116 g/mol. The lowest BCUT2D eigenvalue weighted by Gasteiger charge is -2.12. The van der Waals surface area contributed by atoms with Crippen molar-refractivity contribution in [1.82, 2.24) is 0 Å². The third-order valence-electron chi connectivity index (χ3n) is 0.779. The van der Waals surface area contributed by atoms with Gasteiger partial charge in [0.25, 0.3) is 0 Å². The molecule has 0 atom stereocenters. The molecule has 42 valence electrons. The van der Waals surface area contributed by atoms with E-state index in [0.29, 0.717) is 0 Å². The minimum absolute atomic E-state index is 0.0712. The summed E-state index contributed by atoms with van der Waals surface area (Å²) in [5.74, 6) is 0. The van der Waals surface area contributed by atoms with Crippen LogP contribution in [0.15, 0.2) is 0 Å². The van der Waals surface area contributed by atoms with Crippen LogP contribution in [0.5, 0.6) is 0 Å². The van der Waals surface area contributed by atoms with Crippen LogP contribution in [0.1, 0.15) is 26.7 Å². The van der Waals surface area contributed by atoms with Crippen LogP contribution < -0.4 is 0 Å². The van der Waals surface area contributed by atoms with Gasteiger partial charge in [0.1, 0.15) is 0 Å². The van der Waals surface area contributed by atoms with Crippen molar-refractivity contribution in [1.29, 1.82) is 0 Å². The van der Waals surface area contributed by atoms with Crippen molar-refractivity contribution in [2.24, 2.45) is 0 Å². The molecule has 0 amide bonds. The Morgan fingerprint density at radius 2 is 2.00 bits per heavy atom. The zero-order valence-corrected chi connectivity index (χ0v) is 5.85. The van der Waals surface area contributed by atoms with Crippen molar-refractivity contribution >= 4 is 12.6 Å². The zero-order valence-electron chi connectivity index (χ0n) is 5.03. The van der Waals surface area contributed by atoms with Gasteiger partial charge in [-0.3, -0.25) is 0 Å². The molecule has 7 heavy (non-hydrogen) atoms. The fourth-order valence-corrected chi connectivity index (χ4v) is 0.570. The molecule has 0 spiro atoms. The van der Waals surface area contributed by atoms with Crippen LogP contribution >= 0.6 is 12.6 Å². The van der Waals surface area contributed by atoms with E-state index in [1.807, 2.05) is 13.8 Å². The maximum atomic E-state index is 5.04. The summed E-state index contributed by atoms with van der Waals surface area (Å²) in [6, 6.07) is 0. The normalized spacial score (nSPS) is 12.0. The van der Waals surface area contributed by atoms with Gasteiger partial charge in [0, 0.05) is 4.75 Å². The molecule has 0 aliphatic rings. The van der Waals surface area contributed by atoms with Crippen molar-refractivity contribution < 1.29 is 0 Å². The Bertz CT molecular complexity index is 42.6. The second-order valence-corrected chi connectivity index (χ2v) is 3.47. The van der Waals surface area contributed by atoms with E-state index in [4.69, 9.17) is 12.6 Å². The first-order chi connectivity index (χ1) is 3.06. The van der Waals surface area contributed by atoms with Gasteiger partial charge < -0.3 is 0 Å². The smallest absolute Gasteiger partial charge is 0.0207 e. The van der Waals surface area contributed by atoms with Crippen molar-refractivity contribution in [3.63, 3.8) is 0 Å². The largest absolute Gasteiger partial charge is 0.0873 e. The van der Waals surface area contributed by atoms with Crippen molar-refractivity contribution in [3.8, 4) is 0 Å². The second kappa shape index (κ2) is 2.61. The molecule has 2 radical (unpaired) electrons. The molecule has 0 saturated heterocycles. The van der Waals surface area contributed by atoms with E-state index in [-0.39, 0.29) is 4.75 Å². The maximum absolute atomic E-state index is 5.04. The van der Waals surface area contributed by atoms with Gasteiger partial charge in [-0.25, -0.2) is 0 Å². The number of rotatable bonds is 2. The highest BCUT2D eigenvalue weighted by atomic mass is 32.1. The molecule has 0 aromatic rings. The topological polar surface area (TPSA) is 0 Å². The molecule has 0 saturated carbocycles. The second-order valence-electron chi connectivity index (χ2n) is 2.36.